The van der Waals surface area contributed by atoms with Crippen LogP contribution < -0.4 is 5.32 Å². The number of aliphatic carboxylic acids is 1. The molecule has 8 heteroatoms. The highest BCUT2D eigenvalue weighted by atomic mass is 19.4. The minimum Gasteiger partial charge on any atom is -0.480 e. The second-order valence-electron chi connectivity index (χ2n) is 3.15. The van der Waals surface area contributed by atoms with Gasteiger partial charge in [-0.15, -0.1) is 0 Å². The summed E-state index contributed by atoms with van der Waals surface area (Å²) in [6.45, 7) is 0. The number of hydrogen-bond donors (Lipinski definition) is 2. The van der Waals surface area contributed by atoms with Crippen LogP contribution in [0.4, 0.5) is 13.2 Å². The second kappa shape index (κ2) is 4.89. The van der Waals surface area contributed by atoms with E-state index in [2.05, 4.69) is 0 Å². The molecule has 0 aliphatic carbocycles. The maximum Gasteiger partial charge on any atom is 0.471 e. The summed E-state index contributed by atoms with van der Waals surface area (Å²) in [5.74, 6) is -3.70. The Balaban J connectivity index is 2.68. The zero-order chi connectivity index (χ0) is 13.1. The van der Waals surface area contributed by atoms with E-state index >= 15 is 0 Å². The van der Waals surface area contributed by atoms with Crippen molar-refractivity contribution in [2.75, 3.05) is 0 Å². The number of carbonyl (C=O) groups is 2. The molecule has 2 N–H and O–H groups in total. The fraction of sp³-hybridized carbons (Fsp3) is 0.333. The lowest BCUT2D eigenvalue weighted by atomic mass is 10.1. The zero-order valence-corrected chi connectivity index (χ0v) is 8.32. The predicted octanol–water partition coefficient (Wildman–Crippen LogP) is 0.954. The van der Waals surface area contributed by atoms with E-state index in [0.29, 0.717) is 0 Å². The molecule has 1 aromatic rings. The molecule has 1 rings (SSSR count). The first kappa shape index (κ1) is 13.1. The Morgan fingerprint density at radius 3 is 2.53 bits per heavy atom. The highest BCUT2D eigenvalue weighted by Crippen LogP contribution is 2.15. The molecule has 0 bridgehead atoms. The van der Waals surface area contributed by atoms with Gasteiger partial charge in [0, 0.05) is 6.42 Å². The average Bonchev–Trinajstić information content (AvgIpc) is 2.67. The van der Waals surface area contributed by atoms with Gasteiger partial charge in [-0.3, -0.25) is 4.79 Å². The van der Waals surface area contributed by atoms with Crippen molar-refractivity contribution in [3.63, 3.8) is 0 Å². The van der Waals surface area contributed by atoms with Crippen LogP contribution in [-0.4, -0.2) is 29.2 Å². The molecule has 0 aliphatic heterocycles. The number of hydrogen-bond acceptors (Lipinski definition) is 3. The number of nitrogens with one attached hydrogen (secondary N) is 1. The maximum absolute atomic E-state index is 11.9. The van der Waals surface area contributed by atoms with Crippen LogP contribution in [0.5, 0.6) is 0 Å². The first-order chi connectivity index (χ1) is 7.80. The number of halogens is 3. The average molecular weight is 251 g/mol. The number of carboxylic acids is 1. The number of rotatable bonds is 4. The van der Waals surface area contributed by atoms with E-state index in [1.54, 1.807) is 0 Å². The molecule has 0 aromatic carbocycles. The van der Waals surface area contributed by atoms with Gasteiger partial charge in [0.05, 0.1) is 6.26 Å². The van der Waals surface area contributed by atoms with E-state index in [9.17, 15) is 22.8 Å². The standard InChI is InChI=1S/C9H8F3NO4/c10-9(11,12)8(16)13-6(7(14)15)4-5-2-1-3-17-5/h1-3,6H,4H2,(H,13,16)(H,14,15)/t6-/m1/s1. The molecule has 1 aromatic heterocycles. The van der Waals surface area contributed by atoms with Crippen molar-refractivity contribution in [3.05, 3.63) is 24.2 Å². The van der Waals surface area contributed by atoms with Gasteiger partial charge in [0.2, 0.25) is 0 Å². The van der Waals surface area contributed by atoms with Crippen LogP contribution >= 0.6 is 0 Å². The summed E-state index contributed by atoms with van der Waals surface area (Å²) in [5.41, 5.74) is 0. The minimum atomic E-state index is -5.11. The van der Waals surface area contributed by atoms with Gasteiger partial charge in [0.25, 0.3) is 0 Å². The van der Waals surface area contributed by atoms with Gasteiger partial charge < -0.3 is 14.8 Å². The van der Waals surface area contributed by atoms with E-state index in [0.717, 1.165) is 0 Å². The number of amides is 1. The molecule has 0 aliphatic rings. The quantitative estimate of drug-likeness (QED) is 0.835. The van der Waals surface area contributed by atoms with Crippen LogP contribution in [0.15, 0.2) is 22.8 Å². The van der Waals surface area contributed by atoms with Crippen LogP contribution in [0, 0.1) is 0 Å². The van der Waals surface area contributed by atoms with Crippen molar-refractivity contribution in [1.82, 2.24) is 5.32 Å². The van der Waals surface area contributed by atoms with Gasteiger partial charge in [0.15, 0.2) is 0 Å². The van der Waals surface area contributed by atoms with E-state index in [4.69, 9.17) is 9.52 Å². The molecular formula is C9H8F3NO4. The van der Waals surface area contributed by atoms with Crippen LogP contribution in [0.2, 0.25) is 0 Å². The van der Waals surface area contributed by atoms with Gasteiger partial charge in [-0.05, 0) is 12.1 Å². The topological polar surface area (TPSA) is 79.5 Å². The second-order valence-corrected chi connectivity index (χ2v) is 3.15. The molecule has 0 spiro atoms. The summed E-state index contributed by atoms with van der Waals surface area (Å²) in [4.78, 5) is 21.2. The Morgan fingerprint density at radius 1 is 1.47 bits per heavy atom. The molecule has 1 heterocycles. The SMILES string of the molecule is O=C(O)[C@@H](Cc1ccco1)NC(=O)C(F)(F)F. The van der Waals surface area contributed by atoms with Crippen molar-refractivity contribution in [2.45, 2.75) is 18.6 Å². The third kappa shape index (κ3) is 3.82. The normalized spacial score (nSPS) is 13.1. The van der Waals surface area contributed by atoms with E-state index in [-0.39, 0.29) is 12.2 Å². The van der Waals surface area contributed by atoms with Crippen LogP contribution in [0.1, 0.15) is 5.76 Å². The molecular weight excluding hydrogens is 243 g/mol. The van der Waals surface area contributed by atoms with Crippen molar-refractivity contribution < 1.29 is 32.3 Å². The largest absolute Gasteiger partial charge is 0.480 e. The van der Waals surface area contributed by atoms with E-state index < -0.39 is 24.1 Å². The predicted molar refractivity (Wildman–Crippen MR) is 48.0 cm³/mol. The van der Waals surface area contributed by atoms with Crippen molar-refractivity contribution >= 4 is 11.9 Å². The fourth-order valence-corrected chi connectivity index (χ4v) is 1.07. The molecule has 94 valence electrons. The Kier molecular flexibility index (Phi) is 3.77. The Bertz CT molecular complexity index is 399. The molecule has 5 nitrogen and oxygen atoms in total. The lowest BCUT2D eigenvalue weighted by Crippen LogP contribution is -2.47. The van der Waals surface area contributed by atoms with Crippen molar-refractivity contribution in [3.8, 4) is 0 Å². The molecule has 0 unspecified atom stereocenters. The summed E-state index contributed by atoms with van der Waals surface area (Å²) < 4.78 is 40.6. The van der Waals surface area contributed by atoms with Gasteiger partial charge in [-0.1, -0.05) is 0 Å². The third-order valence-corrected chi connectivity index (χ3v) is 1.85. The molecule has 0 fully saturated rings. The Morgan fingerprint density at radius 2 is 2.12 bits per heavy atom. The highest BCUT2D eigenvalue weighted by Gasteiger charge is 2.40. The number of carboxylic acid groups (broad SMARTS) is 1. The summed E-state index contributed by atoms with van der Waals surface area (Å²) in [7, 11) is 0. The van der Waals surface area contributed by atoms with Gasteiger partial charge >= 0.3 is 18.1 Å². The number of carbonyl (C=O) groups excluding carboxylic acids is 1. The molecule has 0 radical (unpaired) electrons. The molecule has 1 atom stereocenters. The molecule has 0 saturated carbocycles. The summed E-state index contributed by atoms with van der Waals surface area (Å²) in [5, 5.41) is 10.0. The van der Waals surface area contributed by atoms with Crippen LogP contribution in [0.25, 0.3) is 0 Å². The highest BCUT2D eigenvalue weighted by molar-refractivity contribution is 5.87. The Hall–Kier alpha value is -1.99. The Labute approximate surface area is 93.2 Å². The van der Waals surface area contributed by atoms with Crippen LogP contribution in [0.3, 0.4) is 0 Å². The summed E-state index contributed by atoms with van der Waals surface area (Å²) >= 11 is 0. The first-order valence-electron chi connectivity index (χ1n) is 4.43. The van der Waals surface area contributed by atoms with Crippen molar-refractivity contribution in [2.24, 2.45) is 0 Å². The number of furan rings is 1. The van der Waals surface area contributed by atoms with Gasteiger partial charge in [-0.25, -0.2) is 4.79 Å². The molecule has 1 amide bonds. The molecule has 0 saturated heterocycles. The van der Waals surface area contributed by atoms with Crippen LogP contribution in [-0.2, 0) is 16.0 Å². The van der Waals surface area contributed by atoms with Crippen molar-refractivity contribution in [1.29, 1.82) is 0 Å². The van der Waals surface area contributed by atoms with Gasteiger partial charge in [-0.2, -0.15) is 13.2 Å². The number of alkyl halides is 3. The minimum absolute atomic E-state index is 0.167. The first-order valence-corrected chi connectivity index (χ1v) is 4.43. The lowest BCUT2D eigenvalue weighted by Gasteiger charge is -2.14. The summed E-state index contributed by atoms with van der Waals surface area (Å²) in [6.07, 6.45) is -4.22. The van der Waals surface area contributed by atoms with E-state index in [1.165, 1.54) is 23.7 Å². The monoisotopic (exact) mass is 251 g/mol. The summed E-state index contributed by atoms with van der Waals surface area (Å²) in [6, 6.07) is 1.17. The zero-order valence-electron chi connectivity index (χ0n) is 8.32. The fourth-order valence-electron chi connectivity index (χ4n) is 1.07. The lowest BCUT2D eigenvalue weighted by molar-refractivity contribution is -0.175. The third-order valence-electron chi connectivity index (χ3n) is 1.85. The smallest absolute Gasteiger partial charge is 0.471 e. The van der Waals surface area contributed by atoms with Gasteiger partial charge in [0.1, 0.15) is 11.8 Å². The molecule has 17 heavy (non-hydrogen) atoms. The maximum atomic E-state index is 11.9. The van der Waals surface area contributed by atoms with E-state index in [1.807, 2.05) is 0 Å².